The van der Waals surface area contributed by atoms with Crippen molar-refractivity contribution in [3.05, 3.63) is 76.3 Å². The molecule has 1 unspecified atom stereocenters. The van der Waals surface area contributed by atoms with Crippen molar-refractivity contribution in [2.75, 3.05) is 5.32 Å². The predicted molar refractivity (Wildman–Crippen MR) is 134 cm³/mol. The molecule has 1 atom stereocenters. The van der Waals surface area contributed by atoms with E-state index in [1.807, 2.05) is 0 Å². The zero-order valence-corrected chi connectivity index (χ0v) is 19.8. The van der Waals surface area contributed by atoms with Crippen LogP contribution in [0.15, 0.2) is 48.5 Å². The predicted octanol–water partition coefficient (Wildman–Crippen LogP) is 7.96. The van der Waals surface area contributed by atoms with Crippen LogP contribution in [0, 0.1) is 34.6 Å². The number of hydrogen-bond acceptors (Lipinski definition) is 2. The van der Waals surface area contributed by atoms with Crippen LogP contribution in [0.5, 0.6) is 0 Å². The molecule has 3 aromatic carbocycles. The Morgan fingerprint density at radius 3 is 2.10 bits per heavy atom. The summed E-state index contributed by atoms with van der Waals surface area (Å²) >= 11 is 0. The Morgan fingerprint density at radius 1 is 0.871 bits per heavy atom. The molecule has 1 aromatic heterocycles. The van der Waals surface area contributed by atoms with Gasteiger partial charge in [-0.1, -0.05) is 55.0 Å². The van der Waals surface area contributed by atoms with Gasteiger partial charge in [-0.3, -0.25) is 0 Å². The van der Waals surface area contributed by atoms with Crippen LogP contribution in [0.3, 0.4) is 0 Å². The lowest BCUT2D eigenvalue weighted by Crippen LogP contribution is -2.09. The smallest absolute Gasteiger partial charge is 0.208 e. The Kier molecular flexibility index (Phi) is 5.62. The van der Waals surface area contributed by atoms with Crippen molar-refractivity contribution in [2.24, 2.45) is 0 Å². The van der Waals surface area contributed by atoms with Gasteiger partial charge in [-0.05, 0) is 81.8 Å². The molecule has 0 amide bonds. The third-order valence-electron chi connectivity index (χ3n) is 6.42. The molecule has 4 aromatic rings. The molecule has 3 heteroatoms. The van der Waals surface area contributed by atoms with Gasteiger partial charge in [-0.15, -0.1) is 0 Å². The van der Waals surface area contributed by atoms with Crippen molar-refractivity contribution in [2.45, 2.75) is 60.9 Å². The van der Waals surface area contributed by atoms with Crippen LogP contribution in [-0.4, -0.2) is 9.55 Å². The molecule has 1 heterocycles. The third kappa shape index (κ3) is 3.74. The fraction of sp³-hybridized carbons (Fsp3) is 0.321. The molecule has 0 aliphatic heterocycles. The highest BCUT2D eigenvalue weighted by atomic mass is 15.2. The largest absolute Gasteiger partial charge is 0.325 e. The molecule has 0 radical (unpaired) electrons. The van der Waals surface area contributed by atoms with E-state index < -0.39 is 0 Å². The van der Waals surface area contributed by atoms with E-state index in [1.54, 1.807) is 0 Å². The first-order valence-corrected chi connectivity index (χ1v) is 11.2. The Bertz CT molecular complexity index is 1220. The summed E-state index contributed by atoms with van der Waals surface area (Å²) in [5.74, 6) is 0.914. The fourth-order valence-electron chi connectivity index (χ4n) is 4.76. The van der Waals surface area contributed by atoms with Gasteiger partial charge in [0.1, 0.15) is 0 Å². The monoisotopic (exact) mass is 411 g/mol. The van der Waals surface area contributed by atoms with Gasteiger partial charge < -0.3 is 9.88 Å². The average molecular weight is 412 g/mol. The highest BCUT2D eigenvalue weighted by molar-refractivity contribution is 5.96. The second kappa shape index (κ2) is 8.22. The Hall–Kier alpha value is -3.07. The number of anilines is 2. The second-order valence-electron chi connectivity index (χ2n) is 8.90. The van der Waals surface area contributed by atoms with Crippen LogP contribution in [0.25, 0.3) is 22.2 Å². The van der Waals surface area contributed by atoms with Crippen LogP contribution in [0.4, 0.5) is 11.6 Å². The van der Waals surface area contributed by atoms with Crippen molar-refractivity contribution >= 4 is 22.7 Å². The zero-order valence-electron chi connectivity index (χ0n) is 19.8. The maximum absolute atomic E-state index is 5.19. The van der Waals surface area contributed by atoms with Crippen LogP contribution < -0.4 is 5.32 Å². The third-order valence-corrected chi connectivity index (χ3v) is 6.42. The van der Waals surface area contributed by atoms with E-state index in [2.05, 4.69) is 107 Å². The molecule has 0 spiro atoms. The van der Waals surface area contributed by atoms with E-state index >= 15 is 0 Å². The maximum Gasteiger partial charge on any atom is 0.208 e. The molecule has 0 saturated heterocycles. The van der Waals surface area contributed by atoms with E-state index in [9.17, 15) is 0 Å². The van der Waals surface area contributed by atoms with E-state index in [0.29, 0.717) is 6.04 Å². The van der Waals surface area contributed by atoms with Crippen molar-refractivity contribution in [3.8, 4) is 11.1 Å². The van der Waals surface area contributed by atoms with E-state index in [0.717, 1.165) is 23.6 Å². The lowest BCUT2D eigenvalue weighted by Gasteiger charge is -2.18. The highest BCUT2D eigenvalue weighted by Gasteiger charge is 2.20. The van der Waals surface area contributed by atoms with Crippen molar-refractivity contribution in [3.63, 3.8) is 0 Å². The molecule has 0 aliphatic rings. The van der Waals surface area contributed by atoms with E-state index in [1.165, 1.54) is 44.5 Å². The number of fused-ring (bicyclic) bond motifs is 1. The number of aromatic nitrogens is 2. The van der Waals surface area contributed by atoms with Crippen molar-refractivity contribution in [1.82, 2.24) is 9.55 Å². The first-order chi connectivity index (χ1) is 14.8. The molecule has 0 bridgehead atoms. The zero-order chi connectivity index (χ0) is 22.3. The molecule has 4 rings (SSSR count). The average Bonchev–Trinajstić information content (AvgIpc) is 3.08. The fourth-order valence-corrected chi connectivity index (χ4v) is 4.76. The summed E-state index contributed by atoms with van der Waals surface area (Å²) in [4.78, 5) is 5.19. The Morgan fingerprint density at radius 2 is 1.48 bits per heavy atom. The van der Waals surface area contributed by atoms with Gasteiger partial charge in [0.25, 0.3) is 0 Å². The minimum absolute atomic E-state index is 0.340. The van der Waals surface area contributed by atoms with Crippen molar-refractivity contribution in [1.29, 1.82) is 0 Å². The summed E-state index contributed by atoms with van der Waals surface area (Å²) in [5.41, 5.74) is 12.2. The molecule has 3 nitrogen and oxygen atoms in total. The lowest BCUT2D eigenvalue weighted by atomic mass is 9.93. The number of benzene rings is 3. The summed E-state index contributed by atoms with van der Waals surface area (Å²) in [7, 11) is 0. The summed E-state index contributed by atoms with van der Waals surface area (Å²) in [6.07, 6.45) is 1.04. The summed E-state index contributed by atoms with van der Waals surface area (Å²) in [5, 5.41) is 3.68. The number of imidazole rings is 1. The first kappa shape index (κ1) is 21.2. The summed E-state index contributed by atoms with van der Waals surface area (Å²) in [6, 6.07) is 17.9. The van der Waals surface area contributed by atoms with Crippen LogP contribution in [0.1, 0.15) is 54.1 Å². The van der Waals surface area contributed by atoms with Crippen LogP contribution in [-0.2, 0) is 0 Å². The van der Waals surface area contributed by atoms with Gasteiger partial charge in [0.05, 0.1) is 11.0 Å². The van der Waals surface area contributed by atoms with Gasteiger partial charge >= 0.3 is 0 Å². The lowest BCUT2D eigenvalue weighted by molar-refractivity contribution is 0.551. The van der Waals surface area contributed by atoms with Crippen LogP contribution in [0.2, 0.25) is 0 Å². The molecule has 0 aliphatic carbocycles. The topological polar surface area (TPSA) is 29.9 Å². The molecule has 1 N–H and O–H groups in total. The quantitative estimate of drug-likeness (QED) is 0.361. The number of aryl methyl sites for hydroxylation is 5. The number of rotatable bonds is 5. The maximum atomic E-state index is 5.19. The summed E-state index contributed by atoms with van der Waals surface area (Å²) < 4.78 is 2.36. The number of nitrogens with zero attached hydrogens (tertiary/aromatic N) is 2. The van der Waals surface area contributed by atoms with Gasteiger partial charge in [-0.25, -0.2) is 4.98 Å². The second-order valence-corrected chi connectivity index (χ2v) is 8.90. The SMILES string of the molecule is CCC(C)n1c(Nc2c(C)cccc2C)nc2c(-c3c(C)cc(C)cc3C)cccc21. The normalized spacial score (nSPS) is 12.4. The summed E-state index contributed by atoms with van der Waals surface area (Å²) in [6.45, 7) is 15.4. The number of nitrogens with one attached hydrogen (secondary N) is 1. The number of hydrogen-bond donors (Lipinski definition) is 1. The standard InChI is InChI=1S/C28H33N3/c1-8-22(7)31-24-14-10-13-23(25-20(5)15-17(2)16-21(25)6)27(24)30-28(31)29-26-18(3)11-9-12-19(26)4/h9-16,22H,8H2,1-7H3,(H,29,30). The number of para-hydroxylation sites is 2. The molecule has 0 fully saturated rings. The molecule has 0 saturated carbocycles. The molecular formula is C28H33N3. The highest BCUT2D eigenvalue weighted by Crippen LogP contribution is 2.37. The van der Waals surface area contributed by atoms with Crippen molar-refractivity contribution < 1.29 is 0 Å². The minimum atomic E-state index is 0.340. The van der Waals surface area contributed by atoms with E-state index in [-0.39, 0.29) is 0 Å². The van der Waals surface area contributed by atoms with Crippen LogP contribution >= 0.6 is 0 Å². The first-order valence-electron chi connectivity index (χ1n) is 11.2. The molecule has 160 valence electrons. The van der Waals surface area contributed by atoms with Gasteiger partial charge in [0, 0.05) is 17.3 Å². The van der Waals surface area contributed by atoms with Gasteiger partial charge in [-0.2, -0.15) is 0 Å². The van der Waals surface area contributed by atoms with Gasteiger partial charge in [0.15, 0.2) is 0 Å². The Labute approximate surface area is 186 Å². The van der Waals surface area contributed by atoms with Gasteiger partial charge in [0.2, 0.25) is 5.95 Å². The Balaban J connectivity index is 1.98. The molecule has 31 heavy (non-hydrogen) atoms. The minimum Gasteiger partial charge on any atom is -0.325 e. The molecular weight excluding hydrogens is 378 g/mol. The van der Waals surface area contributed by atoms with E-state index in [4.69, 9.17) is 4.98 Å².